The highest BCUT2D eigenvalue weighted by molar-refractivity contribution is 8.24. The molecule has 8 nitrogen and oxygen atoms in total. The molecule has 3 heterocycles. The Bertz CT molecular complexity index is 1560. The highest BCUT2D eigenvalue weighted by Crippen LogP contribution is 2.45. The van der Waals surface area contributed by atoms with Gasteiger partial charge in [-0.15, -0.1) is 0 Å². The van der Waals surface area contributed by atoms with Crippen LogP contribution in [0, 0.1) is 18.7 Å². The fourth-order valence-electron chi connectivity index (χ4n) is 5.00. The maximum absolute atomic E-state index is 14.0. The van der Waals surface area contributed by atoms with Gasteiger partial charge in [-0.25, -0.2) is 13.9 Å². The zero-order valence-corrected chi connectivity index (χ0v) is 23.8. The van der Waals surface area contributed by atoms with Crippen molar-refractivity contribution < 1.29 is 18.3 Å². The van der Waals surface area contributed by atoms with Gasteiger partial charge in [0.1, 0.15) is 16.5 Å². The number of nitrogens with zero attached hydrogens (tertiary/aromatic N) is 3. The minimum atomic E-state index is -2.42. The first-order chi connectivity index (χ1) is 19.3. The molecule has 1 aliphatic heterocycles. The number of hydrogen-bond acceptors (Lipinski definition) is 7. The molecule has 0 spiro atoms. The van der Waals surface area contributed by atoms with Crippen LogP contribution in [0.4, 0.5) is 10.1 Å². The van der Waals surface area contributed by atoms with Crippen LogP contribution >= 0.6 is 22.4 Å². The summed E-state index contributed by atoms with van der Waals surface area (Å²) in [5.41, 5.74) is 4.57. The predicted molar refractivity (Wildman–Crippen MR) is 158 cm³/mol. The van der Waals surface area contributed by atoms with Gasteiger partial charge in [0.05, 0.1) is 11.9 Å². The van der Waals surface area contributed by atoms with E-state index in [2.05, 4.69) is 15.7 Å². The summed E-state index contributed by atoms with van der Waals surface area (Å²) in [4.78, 5) is 18.4. The van der Waals surface area contributed by atoms with Crippen molar-refractivity contribution in [3.05, 3.63) is 71.7 Å². The second-order valence-corrected chi connectivity index (χ2v) is 14.1. The van der Waals surface area contributed by atoms with E-state index >= 15 is 0 Å². The average molecular weight is 582 g/mol. The van der Waals surface area contributed by atoms with Crippen molar-refractivity contribution >= 4 is 39.6 Å². The quantitative estimate of drug-likeness (QED) is 0.189. The number of anilines is 1. The van der Waals surface area contributed by atoms with Crippen LogP contribution < -0.4 is 10.6 Å². The molecule has 1 saturated heterocycles. The topological polar surface area (TPSA) is 112 Å². The number of nitrogens with one attached hydrogen (secondary N) is 2. The second kappa shape index (κ2) is 11.0. The van der Waals surface area contributed by atoms with E-state index in [1.54, 1.807) is 16.8 Å². The molecule has 1 amide bonds. The summed E-state index contributed by atoms with van der Waals surface area (Å²) >= 11 is 1.36. The maximum Gasteiger partial charge on any atom is 0.251 e. The molecule has 2 aromatic heterocycles. The van der Waals surface area contributed by atoms with Crippen LogP contribution in [0.2, 0.25) is 0 Å². The molecule has 1 aliphatic carbocycles. The smallest absolute Gasteiger partial charge is 0.251 e. The highest BCUT2D eigenvalue weighted by atomic mass is 32.3. The second-order valence-electron chi connectivity index (χ2n) is 10.6. The first-order valence-electron chi connectivity index (χ1n) is 13.5. The van der Waals surface area contributed by atoms with Gasteiger partial charge in [-0.1, -0.05) is 23.9 Å². The zero-order valence-electron chi connectivity index (χ0n) is 22.1. The van der Waals surface area contributed by atoms with E-state index in [0.717, 1.165) is 53.1 Å². The van der Waals surface area contributed by atoms with Crippen molar-refractivity contribution in [2.45, 2.75) is 48.6 Å². The van der Waals surface area contributed by atoms with Gasteiger partial charge in [0, 0.05) is 40.1 Å². The van der Waals surface area contributed by atoms with E-state index in [-0.39, 0.29) is 17.8 Å². The van der Waals surface area contributed by atoms with Crippen molar-refractivity contribution in [1.29, 1.82) is 0 Å². The van der Waals surface area contributed by atoms with E-state index < -0.39 is 10.6 Å². The molecular formula is C29H32FN5O3S2. The summed E-state index contributed by atoms with van der Waals surface area (Å²) in [6.45, 7) is 2.61. The number of benzene rings is 2. The Morgan fingerprint density at radius 1 is 1.12 bits per heavy atom. The van der Waals surface area contributed by atoms with Crippen molar-refractivity contribution in [3.63, 3.8) is 0 Å². The van der Waals surface area contributed by atoms with Gasteiger partial charge in [-0.2, -0.15) is 15.7 Å². The summed E-state index contributed by atoms with van der Waals surface area (Å²) in [6.07, 6.45) is 5.30. The van der Waals surface area contributed by atoms with Gasteiger partial charge < -0.3 is 10.6 Å². The van der Waals surface area contributed by atoms with Crippen molar-refractivity contribution in [2.24, 2.45) is 5.92 Å². The monoisotopic (exact) mass is 581 g/mol. The molecule has 0 radical (unpaired) electrons. The number of hydrogen-bond donors (Lipinski definition) is 4. The minimum absolute atomic E-state index is 0.0624. The van der Waals surface area contributed by atoms with Crippen LogP contribution in [0.25, 0.3) is 16.9 Å². The van der Waals surface area contributed by atoms with Crippen LogP contribution in [0.15, 0.2) is 64.6 Å². The summed E-state index contributed by atoms with van der Waals surface area (Å²) in [5, 5.41) is 11.9. The molecule has 11 heteroatoms. The number of imidazole rings is 1. The third kappa shape index (κ3) is 5.97. The number of aryl methyl sites for hydroxylation is 1. The lowest BCUT2D eigenvalue weighted by molar-refractivity contribution is 0.0950. The zero-order chi connectivity index (χ0) is 27.9. The number of carbonyl (C=O) groups excluding carboxylic acids is 1. The largest absolute Gasteiger partial charge is 0.382 e. The summed E-state index contributed by atoms with van der Waals surface area (Å²) < 4.78 is 35.7. The molecule has 210 valence electrons. The minimum Gasteiger partial charge on any atom is -0.382 e. The number of halogens is 1. The van der Waals surface area contributed by atoms with E-state index in [1.165, 1.54) is 23.9 Å². The van der Waals surface area contributed by atoms with E-state index in [1.807, 2.05) is 37.3 Å². The molecule has 40 heavy (non-hydrogen) atoms. The summed E-state index contributed by atoms with van der Waals surface area (Å²) in [7, 11) is -2.42. The molecular weight excluding hydrogens is 549 g/mol. The van der Waals surface area contributed by atoms with Crippen LogP contribution in [0.1, 0.15) is 41.6 Å². The number of carbonyl (C=O) groups is 1. The lowest BCUT2D eigenvalue weighted by Gasteiger charge is -2.39. The van der Waals surface area contributed by atoms with Gasteiger partial charge >= 0.3 is 0 Å². The molecule has 0 bridgehead atoms. The molecule has 2 aromatic carbocycles. The Labute approximate surface area is 238 Å². The summed E-state index contributed by atoms with van der Waals surface area (Å²) in [6, 6.07) is 14.3. The van der Waals surface area contributed by atoms with Crippen molar-refractivity contribution in [3.8, 4) is 11.3 Å². The van der Waals surface area contributed by atoms with Gasteiger partial charge in [-0.05, 0) is 80.5 Å². The third-order valence-corrected chi connectivity index (χ3v) is 10.2. The van der Waals surface area contributed by atoms with Crippen molar-refractivity contribution in [1.82, 2.24) is 19.9 Å². The van der Waals surface area contributed by atoms with Gasteiger partial charge in [0.25, 0.3) is 5.91 Å². The fraction of sp³-hybridized carbons (Fsp3) is 0.345. The first kappa shape index (κ1) is 27.1. The predicted octanol–water partition coefficient (Wildman–Crippen LogP) is 6.46. The normalized spacial score (nSPS) is 18.0. The van der Waals surface area contributed by atoms with E-state index in [9.17, 15) is 18.3 Å². The molecule has 2 aliphatic rings. The SMILES string of the molecule is Cc1cc(-c2c(Sc3cccc(F)c3)nc3c(NCC4CCS(O)(O)CC4)ccnn23)ccc1C(=O)NC1CC1. The first-order valence-corrected chi connectivity index (χ1v) is 16.2. The molecule has 4 N–H and O–H groups in total. The number of amides is 1. The van der Waals surface area contributed by atoms with Crippen LogP contribution in [0.3, 0.4) is 0 Å². The summed E-state index contributed by atoms with van der Waals surface area (Å²) in [5.74, 6) is 0.845. The number of aromatic nitrogens is 3. The lowest BCUT2D eigenvalue weighted by Crippen LogP contribution is -2.26. The average Bonchev–Trinajstić information content (AvgIpc) is 3.65. The number of fused-ring (bicyclic) bond motifs is 1. The van der Waals surface area contributed by atoms with Gasteiger partial charge in [-0.3, -0.25) is 13.9 Å². The molecule has 4 aromatic rings. The maximum atomic E-state index is 14.0. The molecule has 0 unspecified atom stereocenters. The lowest BCUT2D eigenvalue weighted by atomic mass is 10.0. The Morgan fingerprint density at radius 3 is 2.65 bits per heavy atom. The van der Waals surface area contributed by atoms with Gasteiger partial charge in [0.15, 0.2) is 5.65 Å². The van der Waals surface area contributed by atoms with Crippen LogP contribution in [-0.2, 0) is 0 Å². The Morgan fingerprint density at radius 2 is 1.93 bits per heavy atom. The fourth-order valence-corrected chi connectivity index (χ4v) is 7.60. The van der Waals surface area contributed by atoms with E-state index in [4.69, 9.17) is 4.98 Å². The number of rotatable bonds is 8. The van der Waals surface area contributed by atoms with Crippen LogP contribution in [-0.4, -0.2) is 53.7 Å². The Kier molecular flexibility index (Phi) is 7.47. The molecule has 6 rings (SSSR count). The molecule has 1 saturated carbocycles. The van der Waals surface area contributed by atoms with Crippen molar-refractivity contribution in [2.75, 3.05) is 23.4 Å². The van der Waals surface area contributed by atoms with Crippen LogP contribution in [0.5, 0.6) is 0 Å². The van der Waals surface area contributed by atoms with E-state index in [0.29, 0.717) is 40.2 Å². The standard InChI is InChI=1S/C29H32FN5O3S2/c1-18-15-20(5-8-24(18)28(36)33-22-6-7-22)26-29(39-23-4-2-3-21(30)16-23)34-27-25(9-12-32-35(26)27)31-17-19-10-13-40(37,38)14-11-19/h2-5,8-9,12,15-16,19,22,31,37-38H,6-7,10-11,13-14,17H2,1H3,(H,33,36). The molecule has 2 fully saturated rings. The third-order valence-electron chi connectivity index (χ3n) is 7.44. The molecule has 0 atom stereocenters. The Hall–Kier alpha value is -3.12. The highest BCUT2D eigenvalue weighted by Gasteiger charge is 2.26. The Balaban J connectivity index is 1.35. The van der Waals surface area contributed by atoms with Gasteiger partial charge in [0.2, 0.25) is 0 Å².